The van der Waals surface area contributed by atoms with E-state index < -0.39 is 9.84 Å². The Morgan fingerprint density at radius 3 is 2.58 bits per heavy atom. The van der Waals surface area contributed by atoms with Crippen LogP contribution in [0.2, 0.25) is 0 Å². The molecule has 8 nitrogen and oxygen atoms in total. The number of rotatable bonds is 10. The summed E-state index contributed by atoms with van der Waals surface area (Å²) in [6.07, 6.45) is 1.63. The van der Waals surface area contributed by atoms with Crippen LogP contribution in [0.25, 0.3) is 10.6 Å². The van der Waals surface area contributed by atoms with E-state index in [0.717, 1.165) is 26.8 Å². The average Bonchev–Trinajstić information content (AvgIpc) is 3.11. The number of aryl methyl sites for hydroxylation is 2. The molecule has 2 N–H and O–H groups in total. The molecule has 0 saturated carbocycles. The smallest absolute Gasteiger partial charge is 0.190 e. The number of nitrogens with zero attached hydrogens (tertiary/aromatic N) is 3. The predicted octanol–water partition coefficient (Wildman–Crippen LogP) is 4.47. The molecule has 0 spiro atoms. The SMILES string of the molecule is COc1ccc(-c2nc(C(C)Sc3nc(C)cc(N)n3)c(C)s2)cc1OCCCS(C)(=O)=O. The van der Waals surface area contributed by atoms with E-state index >= 15 is 0 Å². The van der Waals surface area contributed by atoms with Gasteiger partial charge in [-0.1, -0.05) is 11.8 Å². The van der Waals surface area contributed by atoms with E-state index in [2.05, 4.69) is 16.9 Å². The van der Waals surface area contributed by atoms with Crippen LogP contribution in [0.4, 0.5) is 5.82 Å². The molecule has 178 valence electrons. The maximum atomic E-state index is 11.3. The van der Waals surface area contributed by atoms with Crippen molar-refractivity contribution in [2.24, 2.45) is 0 Å². The molecule has 0 saturated heterocycles. The van der Waals surface area contributed by atoms with Gasteiger partial charge in [0.05, 0.1) is 30.4 Å². The molecule has 1 atom stereocenters. The van der Waals surface area contributed by atoms with Gasteiger partial charge >= 0.3 is 0 Å². The van der Waals surface area contributed by atoms with E-state index in [-0.39, 0.29) is 17.6 Å². The third-order valence-electron chi connectivity index (χ3n) is 4.68. The van der Waals surface area contributed by atoms with Gasteiger partial charge < -0.3 is 15.2 Å². The summed E-state index contributed by atoms with van der Waals surface area (Å²) in [5, 5.41) is 1.53. The average molecular weight is 509 g/mol. The topological polar surface area (TPSA) is 117 Å². The molecular formula is C22H28N4O4S3. The number of aromatic nitrogens is 3. The van der Waals surface area contributed by atoms with Gasteiger partial charge in [-0.05, 0) is 45.4 Å². The van der Waals surface area contributed by atoms with Crippen molar-refractivity contribution in [2.45, 2.75) is 37.6 Å². The molecule has 0 radical (unpaired) electrons. The molecule has 3 rings (SSSR count). The van der Waals surface area contributed by atoms with E-state index in [0.29, 0.717) is 28.9 Å². The maximum Gasteiger partial charge on any atom is 0.190 e. The van der Waals surface area contributed by atoms with Crippen LogP contribution in [0.1, 0.15) is 34.9 Å². The van der Waals surface area contributed by atoms with E-state index in [1.165, 1.54) is 18.0 Å². The van der Waals surface area contributed by atoms with Crippen LogP contribution in [0, 0.1) is 13.8 Å². The summed E-state index contributed by atoms with van der Waals surface area (Å²) < 4.78 is 33.9. The van der Waals surface area contributed by atoms with Crippen molar-refractivity contribution in [1.29, 1.82) is 0 Å². The Bertz CT molecular complexity index is 1210. The Morgan fingerprint density at radius 1 is 1.15 bits per heavy atom. The fraction of sp³-hybridized carbons (Fsp3) is 0.409. The van der Waals surface area contributed by atoms with Crippen LogP contribution < -0.4 is 15.2 Å². The van der Waals surface area contributed by atoms with Crippen molar-refractivity contribution in [1.82, 2.24) is 15.0 Å². The maximum absolute atomic E-state index is 11.3. The number of methoxy groups -OCH3 is 1. The molecule has 2 heterocycles. The molecule has 1 unspecified atom stereocenters. The van der Waals surface area contributed by atoms with E-state index in [9.17, 15) is 8.42 Å². The highest BCUT2D eigenvalue weighted by atomic mass is 32.2. The first-order valence-corrected chi connectivity index (χ1v) is 14.1. The van der Waals surface area contributed by atoms with Crippen LogP contribution in [0.3, 0.4) is 0 Å². The molecule has 3 aromatic rings. The van der Waals surface area contributed by atoms with Crippen molar-refractivity contribution in [2.75, 3.05) is 31.5 Å². The fourth-order valence-electron chi connectivity index (χ4n) is 3.17. The van der Waals surface area contributed by atoms with Crippen molar-refractivity contribution in [3.05, 3.63) is 40.5 Å². The highest BCUT2D eigenvalue weighted by molar-refractivity contribution is 7.99. The number of ether oxygens (including phenoxy) is 2. The predicted molar refractivity (Wildman–Crippen MR) is 134 cm³/mol. The molecule has 33 heavy (non-hydrogen) atoms. The number of thiazole rings is 1. The highest BCUT2D eigenvalue weighted by Crippen LogP contribution is 2.40. The zero-order valence-corrected chi connectivity index (χ0v) is 21.7. The molecule has 1 aromatic carbocycles. The lowest BCUT2D eigenvalue weighted by molar-refractivity contribution is 0.295. The van der Waals surface area contributed by atoms with Crippen molar-refractivity contribution in [3.63, 3.8) is 0 Å². The Hall–Kier alpha value is -2.37. The van der Waals surface area contributed by atoms with E-state index in [1.54, 1.807) is 24.5 Å². The Kier molecular flexibility index (Phi) is 8.19. The monoisotopic (exact) mass is 508 g/mol. The normalized spacial score (nSPS) is 12.5. The van der Waals surface area contributed by atoms with Crippen molar-refractivity contribution >= 4 is 38.8 Å². The molecule has 0 amide bonds. The molecule has 0 fully saturated rings. The lowest BCUT2D eigenvalue weighted by atomic mass is 10.2. The molecule has 0 bridgehead atoms. The van der Waals surface area contributed by atoms with Crippen LogP contribution in [0.5, 0.6) is 11.5 Å². The number of benzene rings is 1. The molecule has 2 aromatic heterocycles. The minimum Gasteiger partial charge on any atom is -0.493 e. The summed E-state index contributed by atoms with van der Waals surface area (Å²) in [7, 11) is -1.45. The Balaban J connectivity index is 1.78. The zero-order chi connectivity index (χ0) is 24.2. The first kappa shape index (κ1) is 25.3. The van der Waals surface area contributed by atoms with Gasteiger partial charge in [-0.2, -0.15) is 0 Å². The standard InChI is InChI=1S/C22H28N4O4S3/c1-13-11-19(23)25-22(24-13)32-15(3)20-14(2)31-21(26-20)16-7-8-17(29-4)18(12-16)30-9-6-10-33(5,27)28/h7-8,11-12,15H,6,9-10H2,1-5H3,(H2,23,24,25). The summed E-state index contributed by atoms with van der Waals surface area (Å²) in [5.41, 5.74) is 8.56. The lowest BCUT2D eigenvalue weighted by Crippen LogP contribution is -2.08. The van der Waals surface area contributed by atoms with E-state index in [1.807, 2.05) is 32.0 Å². The second kappa shape index (κ2) is 10.7. The molecular weight excluding hydrogens is 480 g/mol. The second-order valence-corrected chi connectivity index (χ2v) is 12.4. The third kappa shape index (κ3) is 7.05. The van der Waals surface area contributed by atoms with Crippen LogP contribution in [-0.2, 0) is 9.84 Å². The van der Waals surface area contributed by atoms with Crippen LogP contribution in [-0.4, -0.2) is 49.1 Å². The fourth-order valence-corrected chi connectivity index (χ4v) is 5.90. The molecule has 0 aliphatic carbocycles. The largest absolute Gasteiger partial charge is 0.493 e. The first-order valence-electron chi connectivity index (χ1n) is 10.3. The van der Waals surface area contributed by atoms with Gasteiger partial charge in [0.2, 0.25) is 0 Å². The summed E-state index contributed by atoms with van der Waals surface area (Å²) in [5.74, 6) is 1.68. The van der Waals surface area contributed by atoms with Gasteiger partial charge in [-0.3, -0.25) is 0 Å². The quantitative estimate of drug-likeness (QED) is 0.240. The number of sulfone groups is 1. The highest BCUT2D eigenvalue weighted by Gasteiger charge is 2.19. The summed E-state index contributed by atoms with van der Waals surface area (Å²) >= 11 is 3.12. The number of anilines is 1. The number of hydrogen-bond donors (Lipinski definition) is 1. The zero-order valence-electron chi connectivity index (χ0n) is 19.3. The van der Waals surface area contributed by atoms with Gasteiger partial charge in [0, 0.05) is 28.5 Å². The van der Waals surface area contributed by atoms with E-state index in [4.69, 9.17) is 20.2 Å². The number of nitrogens with two attached hydrogens (primary N) is 1. The molecule has 11 heteroatoms. The Morgan fingerprint density at radius 2 is 1.91 bits per heavy atom. The Labute approximate surface area is 202 Å². The summed E-state index contributed by atoms with van der Waals surface area (Å²) in [6, 6.07) is 7.39. The lowest BCUT2D eigenvalue weighted by Gasteiger charge is -2.12. The van der Waals surface area contributed by atoms with Gasteiger partial charge in [0.25, 0.3) is 0 Å². The number of hydrogen-bond acceptors (Lipinski definition) is 10. The van der Waals surface area contributed by atoms with Gasteiger partial charge in [0.1, 0.15) is 20.7 Å². The van der Waals surface area contributed by atoms with Gasteiger partial charge in [-0.25, -0.2) is 23.4 Å². The summed E-state index contributed by atoms with van der Waals surface area (Å²) in [4.78, 5) is 14.8. The number of thioether (sulfide) groups is 1. The molecule has 0 aliphatic rings. The first-order chi connectivity index (χ1) is 15.6. The summed E-state index contributed by atoms with van der Waals surface area (Å²) in [6.45, 7) is 6.29. The third-order valence-corrected chi connectivity index (χ3v) is 7.72. The minimum atomic E-state index is -3.02. The van der Waals surface area contributed by atoms with Crippen molar-refractivity contribution in [3.8, 4) is 22.1 Å². The van der Waals surface area contributed by atoms with Gasteiger partial charge in [-0.15, -0.1) is 11.3 Å². The van der Waals surface area contributed by atoms with Crippen molar-refractivity contribution < 1.29 is 17.9 Å². The van der Waals surface area contributed by atoms with Gasteiger partial charge in [0.15, 0.2) is 16.7 Å². The minimum absolute atomic E-state index is 0.0427. The number of nitrogen functional groups attached to an aromatic ring is 1. The van der Waals surface area contributed by atoms with Crippen LogP contribution in [0.15, 0.2) is 29.4 Å². The van der Waals surface area contributed by atoms with Crippen LogP contribution >= 0.6 is 23.1 Å². The molecule has 0 aliphatic heterocycles. The second-order valence-electron chi connectivity index (χ2n) is 7.63.